The highest BCUT2D eigenvalue weighted by Gasteiger charge is 2.24. The number of fused-ring (bicyclic) bond motifs is 1. The van der Waals surface area contributed by atoms with Gasteiger partial charge < -0.3 is 19.7 Å². The standard InChI is InChI=1S/C30H35N3O3.CH4/c1-35-27-10-8-26(9-11-27)33-18-16-32(17-19-33)15-13-29-28-12-7-25(21-24(28)14-20-36-29)30(34)31-22-23-5-3-2-4-6-23;/h2-12,21,29H,13-20,22H2,1H3,(H,31,34);1H4. The van der Waals surface area contributed by atoms with Gasteiger partial charge in [0.05, 0.1) is 19.8 Å². The van der Waals surface area contributed by atoms with Gasteiger partial charge in [-0.15, -0.1) is 0 Å². The first kappa shape index (κ1) is 26.7. The quantitative estimate of drug-likeness (QED) is 0.466. The number of piperazine rings is 1. The van der Waals surface area contributed by atoms with Gasteiger partial charge in [-0.05, 0) is 65.9 Å². The van der Waals surface area contributed by atoms with Gasteiger partial charge in [-0.3, -0.25) is 9.69 Å². The molecule has 2 aliphatic rings. The second-order valence-corrected chi connectivity index (χ2v) is 9.51. The third-order valence-electron chi connectivity index (χ3n) is 7.26. The van der Waals surface area contributed by atoms with Gasteiger partial charge in [0.15, 0.2) is 0 Å². The van der Waals surface area contributed by atoms with Crippen LogP contribution in [-0.2, 0) is 17.7 Å². The third kappa shape index (κ3) is 6.70. The first-order chi connectivity index (χ1) is 17.7. The molecule has 6 nitrogen and oxygen atoms in total. The Morgan fingerprint density at radius 3 is 2.49 bits per heavy atom. The Morgan fingerprint density at radius 2 is 1.76 bits per heavy atom. The van der Waals surface area contributed by atoms with Crippen LogP contribution in [0.1, 0.15) is 47.0 Å². The lowest BCUT2D eigenvalue weighted by Crippen LogP contribution is -2.46. The van der Waals surface area contributed by atoms with E-state index >= 15 is 0 Å². The Bertz CT molecular complexity index is 1140. The number of hydrogen-bond acceptors (Lipinski definition) is 5. The molecule has 6 heteroatoms. The third-order valence-corrected chi connectivity index (χ3v) is 7.26. The average molecular weight is 502 g/mol. The smallest absolute Gasteiger partial charge is 0.251 e. The molecule has 3 aromatic carbocycles. The molecule has 1 atom stereocenters. The van der Waals surface area contributed by atoms with Gasteiger partial charge in [-0.25, -0.2) is 0 Å². The predicted molar refractivity (Wildman–Crippen MR) is 149 cm³/mol. The summed E-state index contributed by atoms with van der Waals surface area (Å²) in [7, 11) is 1.70. The molecule has 196 valence electrons. The lowest BCUT2D eigenvalue weighted by molar-refractivity contribution is 0.0288. The van der Waals surface area contributed by atoms with Crippen LogP contribution in [0.2, 0.25) is 0 Å². The van der Waals surface area contributed by atoms with Crippen LogP contribution in [0.25, 0.3) is 0 Å². The Balaban J connectivity index is 0.00000320. The topological polar surface area (TPSA) is 54.0 Å². The fraction of sp³-hybridized carbons (Fsp3) is 0.387. The first-order valence-electron chi connectivity index (χ1n) is 12.9. The van der Waals surface area contributed by atoms with Crippen LogP contribution in [-0.4, -0.2) is 57.2 Å². The summed E-state index contributed by atoms with van der Waals surface area (Å²) in [4.78, 5) is 17.7. The number of methoxy groups -OCH3 is 1. The monoisotopic (exact) mass is 501 g/mol. The van der Waals surface area contributed by atoms with Crippen molar-refractivity contribution < 1.29 is 14.3 Å². The summed E-state index contributed by atoms with van der Waals surface area (Å²) in [6.07, 6.45) is 1.91. The molecule has 0 spiro atoms. The van der Waals surface area contributed by atoms with Gasteiger partial charge in [-0.1, -0.05) is 43.8 Å². The minimum absolute atomic E-state index is 0. The molecule has 2 heterocycles. The highest BCUT2D eigenvalue weighted by molar-refractivity contribution is 5.94. The zero-order valence-electron chi connectivity index (χ0n) is 21.0. The van der Waals surface area contributed by atoms with Crippen molar-refractivity contribution in [1.29, 1.82) is 0 Å². The lowest BCUT2D eigenvalue weighted by Gasteiger charge is -2.37. The van der Waals surface area contributed by atoms with E-state index in [9.17, 15) is 4.79 Å². The van der Waals surface area contributed by atoms with Gasteiger partial charge in [-0.2, -0.15) is 0 Å². The van der Waals surface area contributed by atoms with Crippen molar-refractivity contribution >= 4 is 11.6 Å². The summed E-state index contributed by atoms with van der Waals surface area (Å²) in [5.74, 6) is 0.865. The minimum atomic E-state index is -0.0283. The number of rotatable bonds is 8. The van der Waals surface area contributed by atoms with Crippen molar-refractivity contribution in [1.82, 2.24) is 10.2 Å². The predicted octanol–water partition coefficient (Wildman–Crippen LogP) is 5.09. The van der Waals surface area contributed by atoms with Gasteiger partial charge in [0, 0.05) is 50.5 Å². The number of benzene rings is 3. The maximum absolute atomic E-state index is 12.7. The molecule has 1 N–H and O–H groups in total. The molecule has 0 aromatic heterocycles. The molecule has 2 aliphatic heterocycles. The fourth-order valence-corrected chi connectivity index (χ4v) is 5.12. The number of carbonyl (C=O) groups is 1. The van der Waals surface area contributed by atoms with Gasteiger partial charge in [0.1, 0.15) is 5.75 Å². The molecule has 1 fully saturated rings. The fourth-order valence-electron chi connectivity index (χ4n) is 5.12. The second kappa shape index (κ2) is 12.7. The van der Waals surface area contributed by atoms with Crippen molar-refractivity contribution in [2.75, 3.05) is 51.3 Å². The van der Waals surface area contributed by atoms with Crippen LogP contribution < -0.4 is 15.0 Å². The highest BCUT2D eigenvalue weighted by atomic mass is 16.5. The summed E-state index contributed by atoms with van der Waals surface area (Å²) >= 11 is 0. The molecular formula is C31H39N3O3. The van der Waals surface area contributed by atoms with E-state index in [1.54, 1.807) is 7.11 Å². The number of hydrogen-bond donors (Lipinski definition) is 1. The summed E-state index contributed by atoms with van der Waals surface area (Å²) in [5, 5.41) is 3.04. The molecule has 1 unspecified atom stereocenters. The molecule has 0 aliphatic carbocycles. The van der Waals surface area contributed by atoms with Crippen LogP contribution >= 0.6 is 0 Å². The van der Waals surface area contributed by atoms with E-state index in [-0.39, 0.29) is 19.4 Å². The van der Waals surface area contributed by atoms with Gasteiger partial charge in [0.2, 0.25) is 0 Å². The van der Waals surface area contributed by atoms with E-state index in [2.05, 4.69) is 39.4 Å². The average Bonchev–Trinajstić information content (AvgIpc) is 2.95. The Morgan fingerprint density at radius 1 is 1.00 bits per heavy atom. The van der Waals surface area contributed by atoms with E-state index in [0.29, 0.717) is 13.2 Å². The van der Waals surface area contributed by atoms with Crippen LogP contribution in [0.15, 0.2) is 72.8 Å². The van der Waals surface area contributed by atoms with Crippen LogP contribution in [0.4, 0.5) is 5.69 Å². The van der Waals surface area contributed by atoms with E-state index in [0.717, 1.165) is 62.4 Å². The SMILES string of the molecule is C.COc1ccc(N2CCN(CCC3OCCc4cc(C(=O)NCc5ccccc5)ccc43)CC2)cc1. The molecule has 5 rings (SSSR count). The van der Waals surface area contributed by atoms with Crippen LogP contribution in [0.5, 0.6) is 5.75 Å². The van der Waals surface area contributed by atoms with Crippen molar-refractivity contribution in [3.63, 3.8) is 0 Å². The number of carbonyl (C=O) groups excluding carboxylic acids is 1. The lowest BCUT2D eigenvalue weighted by atomic mass is 9.93. The van der Waals surface area contributed by atoms with Crippen molar-refractivity contribution in [3.05, 3.63) is 95.1 Å². The molecule has 1 saturated heterocycles. The highest BCUT2D eigenvalue weighted by Crippen LogP contribution is 2.31. The van der Waals surface area contributed by atoms with Crippen molar-refractivity contribution in [3.8, 4) is 5.75 Å². The molecule has 0 bridgehead atoms. The Labute approximate surface area is 221 Å². The molecule has 0 radical (unpaired) electrons. The number of nitrogens with one attached hydrogen (secondary N) is 1. The summed E-state index contributed by atoms with van der Waals surface area (Å²) in [6, 6.07) is 24.4. The van der Waals surface area contributed by atoms with Gasteiger partial charge >= 0.3 is 0 Å². The van der Waals surface area contributed by atoms with Crippen LogP contribution in [0.3, 0.4) is 0 Å². The maximum atomic E-state index is 12.7. The van der Waals surface area contributed by atoms with E-state index in [1.165, 1.54) is 16.8 Å². The van der Waals surface area contributed by atoms with Crippen molar-refractivity contribution in [2.24, 2.45) is 0 Å². The number of ether oxygens (including phenoxy) is 2. The van der Waals surface area contributed by atoms with E-state index in [1.807, 2.05) is 48.5 Å². The molecule has 3 aromatic rings. The first-order valence-corrected chi connectivity index (χ1v) is 12.9. The summed E-state index contributed by atoms with van der Waals surface area (Å²) < 4.78 is 11.4. The van der Waals surface area contributed by atoms with Crippen molar-refractivity contribution in [2.45, 2.75) is 32.9 Å². The number of amides is 1. The maximum Gasteiger partial charge on any atom is 0.251 e. The van der Waals surface area contributed by atoms with Gasteiger partial charge in [0.25, 0.3) is 5.91 Å². The summed E-state index contributed by atoms with van der Waals surface area (Å²) in [6.45, 7) is 6.40. The largest absolute Gasteiger partial charge is 0.497 e. The molecule has 1 amide bonds. The molecule has 37 heavy (non-hydrogen) atoms. The number of anilines is 1. The molecule has 0 saturated carbocycles. The van der Waals surface area contributed by atoms with E-state index in [4.69, 9.17) is 9.47 Å². The second-order valence-electron chi connectivity index (χ2n) is 9.51. The molecular weight excluding hydrogens is 462 g/mol. The zero-order chi connectivity index (χ0) is 24.7. The minimum Gasteiger partial charge on any atom is -0.497 e. The van der Waals surface area contributed by atoms with E-state index < -0.39 is 0 Å². The summed E-state index contributed by atoms with van der Waals surface area (Å²) in [5.41, 5.74) is 5.55. The van der Waals surface area contributed by atoms with Crippen LogP contribution in [0, 0.1) is 0 Å². The zero-order valence-corrected chi connectivity index (χ0v) is 21.0. The Hall–Kier alpha value is -3.35. The Kier molecular flexibility index (Phi) is 9.20. The number of nitrogens with zero attached hydrogens (tertiary/aromatic N) is 2. The normalized spacial score (nSPS) is 17.4.